The number of carboxylic acid groups (broad SMARTS) is 1. The van der Waals surface area contributed by atoms with Gasteiger partial charge in [-0.1, -0.05) is 11.2 Å². The van der Waals surface area contributed by atoms with Crippen LogP contribution in [-0.2, 0) is 0 Å². The van der Waals surface area contributed by atoms with Crippen molar-refractivity contribution in [1.29, 1.82) is 0 Å². The van der Waals surface area contributed by atoms with Crippen LogP contribution in [0.25, 0.3) is 22.2 Å². The third-order valence-electron chi connectivity index (χ3n) is 7.38. The standard InChI is InChI=1S/C26H28N6O4/c1-14(28-26(33)34)17-9-11-31(12-17)25-29-20-8-7-18(22-15(2)30-36-16(22)3)24-23(20)32(25)21(13-35-24)19-6-4-5-10-27-19/h4-8,10,14,17,21,28H,9,11-13H2,1-3H3,(H,33,34)/t14?,17-,21-/m1/s1. The van der Waals surface area contributed by atoms with Crippen molar-refractivity contribution in [1.82, 2.24) is 25.0 Å². The number of aromatic nitrogens is 4. The van der Waals surface area contributed by atoms with Crippen molar-refractivity contribution in [3.05, 3.63) is 53.7 Å². The fraction of sp³-hybridized carbons (Fsp3) is 0.385. The first-order valence-corrected chi connectivity index (χ1v) is 12.2. The van der Waals surface area contributed by atoms with Crippen LogP contribution in [0.3, 0.4) is 0 Å². The van der Waals surface area contributed by atoms with Gasteiger partial charge in [-0.3, -0.25) is 9.55 Å². The number of imidazole rings is 1. The Balaban J connectivity index is 1.50. The third kappa shape index (κ3) is 3.55. The maximum Gasteiger partial charge on any atom is 0.404 e. The van der Waals surface area contributed by atoms with E-state index in [2.05, 4.69) is 24.9 Å². The molecule has 0 bridgehead atoms. The Bertz CT molecular complexity index is 1430. The molecule has 0 saturated carbocycles. The predicted octanol–water partition coefficient (Wildman–Crippen LogP) is 4.17. The summed E-state index contributed by atoms with van der Waals surface area (Å²) in [5.41, 5.74) is 5.35. The van der Waals surface area contributed by atoms with Gasteiger partial charge in [0.25, 0.3) is 0 Å². The smallest absolute Gasteiger partial charge is 0.404 e. The number of ether oxygens (including phenoxy) is 1. The van der Waals surface area contributed by atoms with E-state index < -0.39 is 6.09 Å². The summed E-state index contributed by atoms with van der Waals surface area (Å²) in [5.74, 6) is 2.56. The molecule has 10 nitrogen and oxygen atoms in total. The molecular formula is C26H28N6O4. The number of pyridine rings is 1. The molecule has 1 unspecified atom stereocenters. The van der Waals surface area contributed by atoms with Gasteiger partial charge < -0.3 is 24.6 Å². The maximum absolute atomic E-state index is 11.2. The van der Waals surface area contributed by atoms with Crippen molar-refractivity contribution in [3.8, 4) is 16.9 Å². The second kappa shape index (κ2) is 8.54. The zero-order chi connectivity index (χ0) is 25.0. The summed E-state index contributed by atoms with van der Waals surface area (Å²) in [6.45, 7) is 7.69. The molecule has 186 valence electrons. The topological polar surface area (TPSA) is 119 Å². The van der Waals surface area contributed by atoms with E-state index in [1.54, 1.807) is 6.20 Å². The van der Waals surface area contributed by atoms with Crippen LogP contribution < -0.4 is 15.0 Å². The molecule has 1 amide bonds. The Kier molecular flexibility index (Phi) is 5.31. The van der Waals surface area contributed by atoms with Crippen molar-refractivity contribution in [3.63, 3.8) is 0 Å². The van der Waals surface area contributed by atoms with Crippen molar-refractivity contribution in [2.75, 3.05) is 24.6 Å². The molecule has 2 aliphatic heterocycles. The molecule has 5 heterocycles. The minimum atomic E-state index is -0.994. The highest BCUT2D eigenvalue weighted by Gasteiger charge is 2.36. The minimum absolute atomic E-state index is 0.144. The summed E-state index contributed by atoms with van der Waals surface area (Å²) < 4.78 is 14.1. The number of hydrogen-bond donors (Lipinski definition) is 2. The average Bonchev–Trinajstić information content (AvgIpc) is 3.58. The maximum atomic E-state index is 11.2. The number of hydrogen-bond acceptors (Lipinski definition) is 7. The monoisotopic (exact) mass is 488 g/mol. The molecular weight excluding hydrogens is 460 g/mol. The highest BCUT2D eigenvalue weighted by molar-refractivity contribution is 5.94. The summed E-state index contributed by atoms with van der Waals surface area (Å²) in [7, 11) is 0. The molecule has 4 aromatic rings. The largest absolute Gasteiger partial charge is 0.488 e. The Labute approximate surface area is 207 Å². The number of nitrogens with zero attached hydrogens (tertiary/aromatic N) is 5. The Morgan fingerprint density at radius 1 is 1.25 bits per heavy atom. The van der Waals surface area contributed by atoms with Crippen LogP contribution in [0.5, 0.6) is 5.75 Å². The number of carbonyl (C=O) groups is 1. The third-order valence-corrected chi connectivity index (χ3v) is 7.38. The number of aryl methyl sites for hydroxylation is 2. The van der Waals surface area contributed by atoms with Gasteiger partial charge in [0.2, 0.25) is 5.95 Å². The molecule has 6 rings (SSSR count). The van der Waals surface area contributed by atoms with Crippen LogP contribution >= 0.6 is 0 Å². The number of benzene rings is 1. The molecule has 0 aliphatic carbocycles. The summed E-state index contributed by atoms with van der Waals surface area (Å²) >= 11 is 0. The van der Waals surface area contributed by atoms with Gasteiger partial charge in [-0.05, 0) is 57.4 Å². The highest BCUT2D eigenvalue weighted by atomic mass is 16.5. The molecule has 36 heavy (non-hydrogen) atoms. The average molecular weight is 489 g/mol. The van der Waals surface area contributed by atoms with Crippen molar-refractivity contribution < 1.29 is 19.2 Å². The normalized spacial score (nSPS) is 19.9. The second-order valence-corrected chi connectivity index (χ2v) is 9.61. The van der Waals surface area contributed by atoms with E-state index in [0.29, 0.717) is 13.2 Å². The number of amides is 1. The highest BCUT2D eigenvalue weighted by Crippen LogP contribution is 2.46. The van der Waals surface area contributed by atoms with Gasteiger partial charge in [0.1, 0.15) is 23.9 Å². The number of rotatable bonds is 5. The van der Waals surface area contributed by atoms with Crippen LogP contribution in [0.4, 0.5) is 10.7 Å². The fourth-order valence-electron chi connectivity index (χ4n) is 5.59. The van der Waals surface area contributed by atoms with Crippen LogP contribution in [0, 0.1) is 19.8 Å². The molecule has 0 spiro atoms. The lowest BCUT2D eigenvalue weighted by molar-refractivity contribution is 0.186. The SMILES string of the molecule is Cc1noc(C)c1-c1ccc2nc(N3CC[C@@H](C(C)NC(=O)O)C3)n3c2c1OC[C@@H]3c1ccccn1. The zero-order valence-electron chi connectivity index (χ0n) is 20.4. The summed E-state index contributed by atoms with van der Waals surface area (Å²) in [4.78, 5) is 23.1. The molecule has 1 fully saturated rings. The lowest BCUT2D eigenvalue weighted by Gasteiger charge is -2.30. The lowest BCUT2D eigenvalue weighted by atomic mass is 10.0. The van der Waals surface area contributed by atoms with Crippen LogP contribution in [0.15, 0.2) is 41.1 Å². The van der Waals surface area contributed by atoms with Gasteiger partial charge in [0.05, 0.1) is 22.5 Å². The molecule has 3 aromatic heterocycles. The van der Waals surface area contributed by atoms with Crippen LogP contribution in [-0.4, -0.2) is 56.6 Å². The van der Waals surface area contributed by atoms with Crippen molar-refractivity contribution in [2.24, 2.45) is 5.92 Å². The van der Waals surface area contributed by atoms with Gasteiger partial charge in [0, 0.05) is 30.9 Å². The van der Waals surface area contributed by atoms with E-state index in [4.69, 9.17) is 14.2 Å². The summed E-state index contributed by atoms with van der Waals surface area (Å²) in [6.07, 6.45) is 1.68. The summed E-state index contributed by atoms with van der Waals surface area (Å²) in [5, 5.41) is 15.9. The fourth-order valence-corrected chi connectivity index (χ4v) is 5.59. The molecule has 3 atom stereocenters. The van der Waals surface area contributed by atoms with Gasteiger partial charge in [0.15, 0.2) is 5.75 Å². The quantitative estimate of drug-likeness (QED) is 0.430. The first kappa shape index (κ1) is 22.4. The van der Waals surface area contributed by atoms with Gasteiger partial charge in [-0.15, -0.1) is 0 Å². The van der Waals surface area contributed by atoms with Gasteiger partial charge >= 0.3 is 6.09 Å². The zero-order valence-corrected chi connectivity index (χ0v) is 20.4. The Morgan fingerprint density at radius 3 is 2.83 bits per heavy atom. The molecule has 10 heteroatoms. The second-order valence-electron chi connectivity index (χ2n) is 9.61. The molecule has 2 N–H and O–H groups in total. The van der Waals surface area contributed by atoms with Crippen LogP contribution in [0.2, 0.25) is 0 Å². The van der Waals surface area contributed by atoms with E-state index in [-0.39, 0.29) is 18.0 Å². The Morgan fingerprint density at radius 2 is 2.11 bits per heavy atom. The molecule has 0 radical (unpaired) electrons. The van der Waals surface area contributed by atoms with Crippen LogP contribution in [0.1, 0.15) is 36.5 Å². The van der Waals surface area contributed by atoms with Crippen molar-refractivity contribution >= 4 is 23.1 Å². The molecule has 2 aliphatic rings. The van der Waals surface area contributed by atoms with E-state index in [1.807, 2.05) is 51.1 Å². The summed E-state index contributed by atoms with van der Waals surface area (Å²) in [6, 6.07) is 9.66. The lowest BCUT2D eigenvalue weighted by Crippen LogP contribution is -2.38. The first-order valence-electron chi connectivity index (χ1n) is 12.2. The number of anilines is 1. The molecule has 1 saturated heterocycles. The molecule has 1 aromatic carbocycles. The van der Waals surface area contributed by atoms with E-state index in [1.165, 1.54) is 0 Å². The Hall–Kier alpha value is -4.08. The van der Waals surface area contributed by atoms with E-state index >= 15 is 0 Å². The van der Waals surface area contributed by atoms with Crippen molar-refractivity contribution in [2.45, 2.75) is 39.3 Å². The minimum Gasteiger partial charge on any atom is -0.488 e. The first-order chi connectivity index (χ1) is 17.4. The predicted molar refractivity (Wildman–Crippen MR) is 134 cm³/mol. The van der Waals surface area contributed by atoms with E-state index in [9.17, 15) is 9.90 Å². The van der Waals surface area contributed by atoms with E-state index in [0.717, 1.165) is 64.0 Å². The van der Waals surface area contributed by atoms with Gasteiger partial charge in [-0.2, -0.15) is 0 Å². The number of nitrogens with one attached hydrogen (secondary N) is 1. The van der Waals surface area contributed by atoms with Gasteiger partial charge in [-0.25, -0.2) is 9.78 Å².